The van der Waals surface area contributed by atoms with Gasteiger partial charge in [0.1, 0.15) is 0 Å². The fourth-order valence-corrected chi connectivity index (χ4v) is 2.44. The Morgan fingerprint density at radius 2 is 2.06 bits per heavy atom. The van der Waals surface area contributed by atoms with E-state index in [1.54, 1.807) is 0 Å². The molecule has 17 heavy (non-hydrogen) atoms. The summed E-state index contributed by atoms with van der Waals surface area (Å²) in [5.74, 6) is 0. The standard InChI is InChI=1S/C16H21N/c1-11(2)16(3,4)15-13-8-6-5-7-12(13)9-10-14(15)17/h6,8-10H,1,5,7,17H2,2-4H3. The minimum Gasteiger partial charge on any atom is -0.398 e. The minimum absolute atomic E-state index is 0.0723. The van der Waals surface area contributed by atoms with Crippen molar-refractivity contribution < 1.29 is 0 Å². The molecule has 0 saturated carbocycles. The van der Waals surface area contributed by atoms with Gasteiger partial charge in [-0.25, -0.2) is 0 Å². The molecule has 2 rings (SSSR count). The molecule has 0 radical (unpaired) electrons. The molecule has 1 aromatic rings. The Morgan fingerprint density at radius 3 is 2.71 bits per heavy atom. The SMILES string of the molecule is C=C(C)C(C)(C)c1c(N)ccc2c1C=CCC2. The van der Waals surface area contributed by atoms with E-state index in [9.17, 15) is 0 Å². The summed E-state index contributed by atoms with van der Waals surface area (Å²) in [4.78, 5) is 0. The second-order valence-electron chi connectivity index (χ2n) is 5.45. The Hall–Kier alpha value is -1.50. The van der Waals surface area contributed by atoms with Crippen LogP contribution in [0.5, 0.6) is 0 Å². The van der Waals surface area contributed by atoms with Crippen LogP contribution >= 0.6 is 0 Å². The largest absolute Gasteiger partial charge is 0.398 e. The van der Waals surface area contributed by atoms with E-state index >= 15 is 0 Å². The van der Waals surface area contributed by atoms with Crippen LogP contribution in [0.2, 0.25) is 0 Å². The molecular formula is C16H21N. The maximum absolute atomic E-state index is 6.19. The van der Waals surface area contributed by atoms with Gasteiger partial charge in [0.05, 0.1) is 0 Å². The van der Waals surface area contributed by atoms with E-state index in [-0.39, 0.29) is 5.41 Å². The Morgan fingerprint density at radius 1 is 1.35 bits per heavy atom. The average molecular weight is 227 g/mol. The normalized spacial score (nSPS) is 14.5. The highest BCUT2D eigenvalue weighted by Gasteiger charge is 2.27. The van der Waals surface area contributed by atoms with E-state index in [2.05, 4.69) is 45.6 Å². The second-order valence-corrected chi connectivity index (χ2v) is 5.45. The Bertz CT molecular complexity index is 492. The summed E-state index contributed by atoms with van der Waals surface area (Å²) in [7, 11) is 0. The summed E-state index contributed by atoms with van der Waals surface area (Å²) >= 11 is 0. The van der Waals surface area contributed by atoms with Crippen molar-refractivity contribution in [3.8, 4) is 0 Å². The molecule has 0 saturated heterocycles. The Balaban J connectivity index is 2.69. The van der Waals surface area contributed by atoms with Gasteiger partial charge in [-0.05, 0) is 42.5 Å². The first-order chi connectivity index (χ1) is 7.94. The number of aryl methyl sites for hydroxylation is 1. The molecule has 1 aromatic carbocycles. The second kappa shape index (κ2) is 4.06. The third kappa shape index (κ3) is 1.90. The zero-order valence-electron chi connectivity index (χ0n) is 11.0. The van der Waals surface area contributed by atoms with E-state index in [4.69, 9.17) is 5.73 Å². The lowest BCUT2D eigenvalue weighted by Gasteiger charge is -2.31. The molecule has 0 unspecified atom stereocenters. The Kier molecular flexibility index (Phi) is 2.86. The molecule has 0 aliphatic heterocycles. The van der Waals surface area contributed by atoms with Gasteiger partial charge < -0.3 is 5.73 Å². The summed E-state index contributed by atoms with van der Waals surface area (Å²) < 4.78 is 0. The zero-order chi connectivity index (χ0) is 12.6. The van der Waals surface area contributed by atoms with Gasteiger partial charge in [0.15, 0.2) is 0 Å². The van der Waals surface area contributed by atoms with E-state index < -0.39 is 0 Å². The molecule has 0 atom stereocenters. The number of rotatable bonds is 2. The maximum atomic E-state index is 6.19. The predicted molar refractivity (Wildman–Crippen MR) is 76.0 cm³/mol. The van der Waals surface area contributed by atoms with Gasteiger partial charge in [0.25, 0.3) is 0 Å². The Labute approximate surface area is 104 Å². The van der Waals surface area contributed by atoms with Gasteiger partial charge in [0, 0.05) is 11.1 Å². The van der Waals surface area contributed by atoms with Crippen molar-refractivity contribution in [1.29, 1.82) is 0 Å². The predicted octanol–water partition coefficient (Wildman–Crippen LogP) is 4.08. The fourth-order valence-electron chi connectivity index (χ4n) is 2.44. The first kappa shape index (κ1) is 12.0. The molecule has 2 N–H and O–H groups in total. The number of benzene rings is 1. The molecule has 1 heteroatoms. The van der Waals surface area contributed by atoms with E-state index in [1.165, 1.54) is 16.7 Å². The van der Waals surface area contributed by atoms with Crippen molar-refractivity contribution in [2.24, 2.45) is 0 Å². The van der Waals surface area contributed by atoms with Gasteiger partial charge in [-0.3, -0.25) is 0 Å². The van der Waals surface area contributed by atoms with Gasteiger partial charge in [0.2, 0.25) is 0 Å². The molecule has 0 spiro atoms. The maximum Gasteiger partial charge on any atom is 0.0361 e. The van der Waals surface area contributed by atoms with E-state index in [0.29, 0.717) is 0 Å². The summed E-state index contributed by atoms with van der Waals surface area (Å²) in [5, 5.41) is 0. The smallest absolute Gasteiger partial charge is 0.0361 e. The van der Waals surface area contributed by atoms with Gasteiger partial charge in [-0.15, -0.1) is 0 Å². The van der Waals surface area contributed by atoms with Crippen molar-refractivity contribution in [2.45, 2.75) is 39.0 Å². The van der Waals surface area contributed by atoms with Crippen molar-refractivity contribution in [3.63, 3.8) is 0 Å². The van der Waals surface area contributed by atoms with Crippen LogP contribution in [0.25, 0.3) is 6.08 Å². The highest BCUT2D eigenvalue weighted by Crippen LogP contribution is 2.39. The highest BCUT2D eigenvalue weighted by molar-refractivity contribution is 5.70. The lowest BCUT2D eigenvalue weighted by molar-refractivity contribution is 0.625. The average Bonchev–Trinajstić information content (AvgIpc) is 2.28. The molecule has 0 bridgehead atoms. The van der Waals surface area contributed by atoms with Crippen LogP contribution in [0.1, 0.15) is 43.9 Å². The number of anilines is 1. The number of hydrogen-bond acceptors (Lipinski definition) is 1. The number of hydrogen-bond donors (Lipinski definition) is 1. The fraction of sp³-hybridized carbons (Fsp3) is 0.375. The van der Waals surface area contributed by atoms with Crippen LogP contribution in [-0.2, 0) is 11.8 Å². The van der Waals surface area contributed by atoms with Gasteiger partial charge in [-0.2, -0.15) is 0 Å². The first-order valence-electron chi connectivity index (χ1n) is 6.19. The minimum atomic E-state index is -0.0723. The number of nitrogen functional groups attached to an aromatic ring is 1. The summed E-state index contributed by atoms with van der Waals surface area (Å²) in [6.45, 7) is 10.6. The van der Waals surface area contributed by atoms with E-state index in [1.807, 2.05) is 6.07 Å². The van der Waals surface area contributed by atoms with Crippen molar-refractivity contribution in [1.82, 2.24) is 0 Å². The van der Waals surface area contributed by atoms with Crippen molar-refractivity contribution in [3.05, 3.63) is 47.1 Å². The van der Waals surface area contributed by atoms with Gasteiger partial charge in [-0.1, -0.05) is 44.2 Å². The van der Waals surface area contributed by atoms with Crippen LogP contribution in [-0.4, -0.2) is 0 Å². The zero-order valence-corrected chi connectivity index (χ0v) is 11.0. The molecule has 0 amide bonds. The number of fused-ring (bicyclic) bond motifs is 1. The molecule has 90 valence electrons. The van der Waals surface area contributed by atoms with Crippen molar-refractivity contribution >= 4 is 11.8 Å². The highest BCUT2D eigenvalue weighted by atomic mass is 14.6. The lowest BCUT2D eigenvalue weighted by atomic mass is 9.74. The topological polar surface area (TPSA) is 26.0 Å². The molecule has 0 aromatic heterocycles. The molecule has 0 heterocycles. The quantitative estimate of drug-likeness (QED) is 0.598. The van der Waals surface area contributed by atoms with Crippen LogP contribution in [0.3, 0.4) is 0 Å². The molecular weight excluding hydrogens is 206 g/mol. The van der Waals surface area contributed by atoms with Crippen LogP contribution in [0, 0.1) is 0 Å². The third-order valence-corrected chi connectivity index (χ3v) is 3.92. The van der Waals surface area contributed by atoms with E-state index in [0.717, 1.165) is 24.1 Å². The lowest BCUT2D eigenvalue weighted by Crippen LogP contribution is -2.22. The summed E-state index contributed by atoms with van der Waals surface area (Å²) in [6, 6.07) is 4.20. The first-order valence-corrected chi connectivity index (χ1v) is 6.19. The van der Waals surface area contributed by atoms with Crippen LogP contribution in [0.15, 0.2) is 30.4 Å². The molecule has 1 aliphatic rings. The summed E-state index contributed by atoms with van der Waals surface area (Å²) in [5.41, 5.74) is 12.1. The molecule has 1 nitrogen and oxygen atoms in total. The van der Waals surface area contributed by atoms with Crippen LogP contribution in [0.4, 0.5) is 5.69 Å². The monoisotopic (exact) mass is 227 g/mol. The summed E-state index contributed by atoms with van der Waals surface area (Å²) in [6.07, 6.45) is 6.70. The third-order valence-electron chi connectivity index (χ3n) is 3.92. The van der Waals surface area contributed by atoms with Gasteiger partial charge >= 0.3 is 0 Å². The molecule has 1 aliphatic carbocycles. The van der Waals surface area contributed by atoms with Crippen LogP contribution < -0.4 is 5.73 Å². The van der Waals surface area contributed by atoms with Crippen molar-refractivity contribution in [2.75, 3.05) is 5.73 Å². The molecule has 0 fully saturated rings. The number of allylic oxidation sites excluding steroid dienone is 2. The number of nitrogens with two attached hydrogens (primary N) is 1.